The fourth-order valence-electron chi connectivity index (χ4n) is 1.61. The van der Waals surface area contributed by atoms with Gasteiger partial charge in [0.2, 0.25) is 0 Å². The Kier molecular flexibility index (Phi) is 3.52. The van der Waals surface area contributed by atoms with Crippen LogP contribution in [0, 0.1) is 18.5 Å². The van der Waals surface area contributed by atoms with Crippen molar-refractivity contribution in [3.05, 3.63) is 44.3 Å². The number of rotatable bonds is 1. The summed E-state index contributed by atoms with van der Waals surface area (Å²) in [5.41, 5.74) is 2.68. The molecule has 17 heavy (non-hydrogen) atoms. The molecule has 1 aromatic heterocycles. The van der Waals surface area contributed by atoms with Crippen molar-refractivity contribution in [3.8, 4) is 11.3 Å². The summed E-state index contributed by atoms with van der Waals surface area (Å²) in [5, 5.41) is 1.21. The molecule has 5 heteroatoms. The minimum atomic E-state index is 0.585. The molecule has 0 aliphatic carbocycles. The number of aryl methyl sites for hydroxylation is 1. The van der Waals surface area contributed by atoms with Crippen LogP contribution in [-0.2, 0) is 0 Å². The highest BCUT2D eigenvalue weighted by atomic mass is 35.5. The third kappa shape index (κ3) is 2.51. The summed E-state index contributed by atoms with van der Waals surface area (Å²) in [6.45, 7) is 3.79. The molecule has 0 bridgehead atoms. The van der Waals surface area contributed by atoms with E-state index in [0.29, 0.717) is 14.7 Å². The number of aromatic amines is 1. The van der Waals surface area contributed by atoms with Gasteiger partial charge in [0.1, 0.15) is 10.5 Å². The van der Waals surface area contributed by atoms with Gasteiger partial charge in [-0.05, 0) is 32.0 Å². The van der Waals surface area contributed by atoms with Crippen LogP contribution in [0.1, 0.15) is 11.4 Å². The highest BCUT2D eigenvalue weighted by Gasteiger charge is 2.09. The van der Waals surface area contributed by atoms with Crippen molar-refractivity contribution >= 4 is 35.4 Å². The average Bonchev–Trinajstić information content (AvgIpc) is 2.24. The lowest BCUT2D eigenvalue weighted by Gasteiger charge is -2.09. The van der Waals surface area contributed by atoms with E-state index >= 15 is 0 Å². The van der Waals surface area contributed by atoms with E-state index in [9.17, 15) is 0 Å². The summed E-state index contributed by atoms with van der Waals surface area (Å²) in [6, 6.07) is 5.39. The molecule has 1 N–H and O–H groups in total. The van der Waals surface area contributed by atoms with E-state index in [0.717, 1.165) is 22.6 Å². The number of halogens is 2. The van der Waals surface area contributed by atoms with Gasteiger partial charge in [-0.15, -0.1) is 0 Å². The van der Waals surface area contributed by atoms with Gasteiger partial charge in [-0.3, -0.25) is 0 Å². The zero-order valence-corrected chi connectivity index (χ0v) is 11.7. The summed E-state index contributed by atoms with van der Waals surface area (Å²) < 4.78 is 0.585. The van der Waals surface area contributed by atoms with Crippen LogP contribution in [0.5, 0.6) is 0 Å². The quantitative estimate of drug-likeness (QED) is 0.767. The molecule has 0 saturated carbocycles. The van der Waals surface area contributed by atoms with Gasteiger partial charge in [0.25, 0.3) is 0 Å². The minimum absolute atomic E-state index is 0.585. The molecule has 2 rings (SSSR count). The van der Waals surface area contributed by atoms with Crippen LogP contribution in [0.15, 0.2) is 18.2 Å². The van der Waals surface area contributed by atoms with Crippen LogP contribution in [0.4, 0.5) is 0 Å². The molecule has 0 radical (unpaired) electrons. The van der Waals surface area contributed by atoms with Crippen LogP contribution < -0.4 is 0 Å². The zero-order chi connectivity index (χ0) is 12.6. The minimum Gasteiger partial charge on any atom is -0.343 e. The van der Waals surface area contributed by atoms with Gasteiger partial charge >= 0.3 is 0 Å². The molecule has 0 amide bonds. The van der Waals surface area contributed by atoms with Gasteiger partial charge < -0.3 is 4.98 Å². The summed E-state index contributed by atoms with van der Waals surface area (Å²) in [5.74, 6) is 0.765. The van der Waals surface area contributed by atoms with E-state index in [1.54, 1.807) is 12.1 Å². The van der Waals surface area contributed by atoms with E-state index in [1.807, 2.05) is 19.9 Å². The largest absolute Gasteiger partial charge is 0.343 e. The Labute approximate surface area is 115 Å². The molecule has 88 valence electrons. The van der Waals surface area contributed by atoms with E-state index in [4.69, 9.17) is 35.4 Å². The molecule has 2 aromatic rings. The SMILES string of the molecule is Cc1nc(=S)c(C)c(-c2ccc(Cl)cc2Cl)[nH]1. The Balaban J connectivity index is 2.72. The Morgan fingerprint density at radius 2 is 1.94 bits per heavy atom. The molecule has 2 nitrogen and oxygen atoms in total. The molecule has 0 atom stereocenters. The molecule has 1 heterocycles. The molecule has 0 aliphatic rings. The van der Waals surface area contributed by atoms with E-state index in [1.165, 1.54) is 0 Å². The lowest BCUT2D eigenvalue weighted by Crippen LogP contribution is -1.96. The van der Waals surface area contributed by atoms with Crippen LogP contribution in [0.3, 0.4) is 0 Å². The first-order valence-electron chi connectivity index (χ1n) is 5.02. The Morgan fingerprint density at radius 1 is 1.24 bits per heavy atom. The van der Waals surface area contributed by atoms with Crippen LogP contribution in [0.25, 0.3) is 11.3 Å². The van der Waals surface area contributed by atoms with Crippen molar-refractivity contribution in [1.29, 1.82) is 0 Å². The number of nitrogens with one attached hydrogen (secondary N) is 1. The smallest absolute Gasteiger partial charge is 0.133 e. The van der Waals surface area contributed by atoms with Crippen LogP contribution in [0.2, 0.25) is 10.0 Å². The molecule has 0 saturated heterocycles. The monoisotopic (exact) mass is 284 g/mol. The normalized spacial score (nSPS) is 10.6. The maximum Gasteiger partial charge on any atom is 0.133 e. The molecular weight excluding hydrogens is 275 g/mol. The van der Waals surface area contributed by atoms with Crippen molar-refractivity contribution in [2.75, 3.05) is 0 Å². The first-order valence-corrected chi connectivity index (χ1v) is 6.18. The van der Waals surface area contributed by atoms with Gasteiger partial charge in [-0.25, -0.2) is 4.98 Å². The first-order chi connectivity index (χ1) is 7.99. The zero-order valence-electron chi connectivity index (χ0n) is 9.34. The Morgan fingerprint density at radius 3 is 2.59 bits per heavy atom. The first kappa shape index (κ1) is 12.6. The second-order valence-corrected chi connectivity index (χ2v) is 4.98. The molecule has 0 aliphatic heterocycles. The molecule has 1 aromatic carbocycles. The topological polar surface area (TPSA) is 28.7 Å². The lowest BCUT2D eigenvalue weighted by atomic mass is 10.1. The number of hydrogen-bond donors (Lipinski definition) is 1. The Bertz CT molecular complexity index is 635. The highest BCUT2D eigenvalue weighted by Crippen LogP contribution is 2.31. The van der Waals surface area contributed by atoms with E-state index in [-0.39, 0.29) is 0 Å². The summed E-state index contributed by atoms with van der Waals surface area (Å²) >= 11 is 17.3. The fourth-order valence-corrected chi connectivity index (χ4v) is 2.35. The van der Waals surface area contributed by atoms with Gasteiger partial charge in [0.05, 0.1) is 10.7 Å². The number of benzene rings is 1. The number of nitrogens with zero attached hydrogens (tertiary/aromatic N) is 1. The number of H-pyrrole nitrogens is 1. The maximum atomic E-state index is 6.18. The highest BCUT2D eigenvalue weighted by molar-refractivity contribution is 7.71. The van der Waals surface area contributed by atoms with Gasteiger partial charge in [0.15, 0.2) is 0 Å². The van der Waals surface area contributed by atoms with Crippen molar-refractivity contribution in [1.82, 2.24) is 9.97 Å². The summed E-state index contributed by atoms with van der Waals surface area (Å²) in [6.07, 6.45) is 0. The maximum absolute atomic E-state index is 6.18. The van der Waals surface area contributed by atoms with Crippen LogP contribution >= 0.6 is 35.4 Å². The predicted molar refractivity (Wildman–Crippen MR) is 74.4 cm³/mol. The van der Waals surface area contributed by atoms with Crippen molar-refractivity contribution in [2.24, 2.45) is 0 Å². The van der Waals surface area contributed by atoms with Crippen LogP contribution in [-0.4, -0.2) is 9.97 Å². The molecule has 0 fully saturated rings. The molecule has 0 unspecified atom stereocenters. The third-order valence-corrected chi connectivity index (χ3v) is 3.42. The predicted octanol–water partition coefficient (Wildman–Crippen LogP) is 4.73. The van der Waals surface area contributed by atoms with Crippen molar-refractivity contribution in [3.63, 3.8) is 0 Å². The van der Waals surface area contributed by atoms with E-state index < -0.39 is 0 Å². The molecular formula is C12H10Cl2N2S. The standard InChI is InChI=1S/C12H10Cl2N2S/c1-6-11(15-7(2)16-12(6)17)9-4-3-8(13)5-10(9)14/h3-5H,1-2H3,(H,15,16,17). The third-order valence-electron chi connectivity index (χ3n) is 2.47. The average molecular weight is 285 g/mol. The van der Waals surface area contributed by atoms with Crippen molar-refractivity contribution < 1.29 is 0 Å². The van der Waals surface area contributed by atoms with Gasteiger partial charge in [-0.1, -0.05) is 35.4 Å². The Hall–Kier alpha value is -0.900. The van der Waals surface area contributed by atoms with Gasteiger partial charge in [-0.2, -0.15) is 0 Å². The number of hydrogen-bond acceptors (Lipinski definition) is 2. The van der Waals surface area contributed by atoms with Gasteiger partial charge in [0, 0.05) is 16.1 Å². The second kappa shape index (κ2) is 4.77. The summed E-state index contributed by atoms with van der Waals surface area (Å²) in [4.78, 5) is 7.38. The second-order valence-electron chi connectivity index (χ2n) is 3.75. The van der Waals surface area contributed by atoms with Crippen molar-refractivity contribution in [2.45, 2.75) is 13.8 Å². The fraction of sp³-hybridized carbons (Fsp3) is 0.167. The summed E-state index contributed by atoms with van der Waals surface area (Å²) in [7, 11) is 0. The van der Waals surface area contributed by atoms with E-state index in [2.05, 4.69) is 9.97 Å². The lowest BCUT2D eigenvalue weighted by molar-refractivity contribution is 1.02. The number of aromatic nitrogens is 2. The molecule has 0 spiro atoms.